The van der Waals surface area contributed by atoms with E-state index in [9.17, 15) is 13.2 Å². The van der Waals surface area contributed by atoms with Gasteiger partial charge < -0.3 is 4.74 Å². The van der Waals surface area contributed by atoms with E-state index < -0.39 is 26.5 Å². The quantitative estimate of drug-likeness (QED) is 0.615. The van der Waals surface area contributed by atoms with Crippen molar-refractivity contribution in [3.63, 3.8) is 0 Å². The Labute approximate surface area is 82.6 Å². The van der Waals surface area contributed by atoms with Crippen LogP contribution in [-0.4, -0.2) is 32.5 Å². The van der Waals surface area contributed by atoms with Gasteiger partial charge >= 0.3 is 5.97 Å². The molecule has 0 aromatic heterocycles. The first kappa shape index (κ1) is 11.0. The van der Waals surface area contributed by atoms with Crippen LogP contribution < -0.4 is 0 Å². The van der Waals surface area contributed by atoms with Gasteiger partial charge in [0.25, 0.3) is 0 Å². The van der Waals surface area contributed by atoms with Gasteiger partial charge in [-0.2, -0.15) is 5.26 Å². The summed E-state index contributed by atoms with van der Waals surface area (Å²) >= 11 is 0. The molecule has 0 spiro atoms. The molecule has 0 saturated heterocycles. The van der Waals surface area contributed by atoms with Crippen molar-refractivity contribution in [3.8, 4) is 6.07 Å². The second-order valence-corrected chi connectivity index (χ2v) is 5.55. The summed E-state index contributed by atoms with van der Waals surface area (Å²) in [5.74, 6) is -0.724. The van der Waals surface area contributed by atoms with Crippen molar-refractivity contribution < 1.29 is 17.9 Å². The average Bonchev–Trinajstić information content (AvgIpc) is 2.79. The minimum Gasteiger partial charge on any atom is -0.465 e. The van der Waals surface area contributed by atoms with Gasteiger partial charge in [-0.15, -0.1) is 0 Å². The van der Waals surface area contributed by atoms with Crippen LogP contribution in [0.5, 0.6) is 0 Å². The number of sulfone groups is 1. The molecule has 0 aliphatic heterocycles. The van der Waals surface area contributed by atoms with Gasteiger partial charge in [-0.3, -0.25) is 4.79 Å². The Morgan fingerprint density at radius 1 is 1.71 bits per heavy atom. The summed E-state index contributed by atoms with van der Waals surface area (Å²) in [5.41, 5.74) is -1.44. The van der Waals surface area contributed by atoms with Crippen LogP contribution in [0.2, 0.25) is 0 Å². The lowest BCUT2D eigenvalue weighted by atomic mass is 10.1. The number of rotatable bonds is 3. The van der Waals surface area contributed by atoms with Crippen molar-refractivity contribution in [1.82, 2.24) is 0 Å². The van der Waals surface area contributed by atoms with Gasteiger partial charge in [-0.25, -0.2) is 8.42 Å². The number of hydrogen-bond donors (Lipinski definition) is 0. The first-order chi connectivity index (χ1) is 6.38. The van der Waals surface area contributed by atoms with Crippen LogP contribution in [0.3, 0.4) is 0 Å². The van der Waals surface area contributed by atoms with Gasteiger partial charge in [0.15, 0.2) is 15.3 Å². The molecule has 0 N–H and O–H groups in total. The minimum absolute atomic E-state index is 0.0567. The summed E-state index contributed by atoms with van der Waals surface area (Å²) < 4.78 is 26.9. The van der Waals surface area contributed by atoms with E-state index in [1.807, 2.05) is 0 Å². The highest BCUT2D eigenvalue weighted by molar-refractivity contribution is 7.91. The lowest BCUT2D eigenvalue weighted by Crippen LogP contribution is -2.24. The van der Waals surface area contributed by atoms with Crippen molar-refractivity contribution in [2.45, 2.75) is 18.6 Å². The van der Waals surface area contributed by atoms with Crippen LogP contribution in [0.4, 0.5) is 0 Å². The zero-order chi connectivity index (χ0) is 11.0. The Morgan fingerprint density at radius 2 is 2.29 bits per heavy atom. The maximum Gasteiger partial charge on any atom is 0.327 e. The van der Waals surface area contributed by atoms with Crippen LogP contribution in [0, 0.1) is 16.7 Å². The van der Waals surface area contributed by atoms with E-state index in [0.717, 1.165) is 6.26 Å². The maximum absolute atomic E-state index is 11.3. The van der Waals surface area contributed by atoms with Crippen molar-refractivity contribution in [1.29, 1.82) is 5.26 Å². The van der Waals surface area contributed by atoms with Gasteiger partial charge in [0.05, 0.1) is 17.9 Å². The van der Waals surface area contributed by atoms with Crippen LogP contribution in [0.25, 0.3) is 0 Å². The van der Waals surface area contributed by atoms with Crippen molar-refractivity contribution in [2.24, 2.45) is 5.41 Å². The SMILES string of the molecule is CCOC(=O)[C@@]1(C#N)C[C@@H]1S(C)(=O)=O. The maximum atomic E-state index is 11.3. The van der Waals surface area contributed by atoms with E-state index >= 15 is 0 Å². The summed E-state index contributed by atoms with van der Waals surface area (Å²) in [7, 11) is -3.34. The van der Waals surface area contributed by atoms with Gasteiger partial charge in [0.1, 0.15) is 0 Å². The highest BCUT2D eigenvalue weighted by atomic mass is 32.2. The van der Waals surface area contributed by atoms with Crippen LogP contribution >= 0.6 is 0 Å². The molecule has 2 atom stereocenters. The lowest BCUT2D eigenvalue weighted by Gasteiger charge is -2.06. The Morgan fingerprint density at radius 3 is 2.57 bits per heavy atom. The molecule has 1 aliphatic rings. The summed E-state index contributed by atoms with van der Waals surface area (Å²) in [6.45, 7) is 1.76. The van der Waals surface area contributed by atoms with E-state index in [1.165, 1.54) is 0 Å². The molecule has 1 fully saturated rings. The fourth-order valence-corrected chi connectivity index (χ4v) is 2.83. The number of carbonyl (C=O) groups is 1. The number of hydrogen-bond acceptors (Lipinski definition) is 5. The molecule has 1 saturated carbocycles. The van der Waals surface area contributed by atoms with Crippen molar-refractivity contribution in [2.75, 3.05) is 12.9 Å². The van der Waals surface area contributed by atoms with Gasteiger partial charge in [-0.1, -0.05) is 0 Å². The Kier molecular flexibility index (Phi) is 2.54. The molecule has 0 radical (unpaired) electrons. The zero-order valence-corrected chi connectivity index (χ0v) is 8.80. The van der Waals surface area contributed by atoms with Crippen molar-refractivity contribution >= 4 is 15.8 Å². The molecule has 0 heterocycles. The highest BCUT2D eigenvalue weighted by Crippen LogP contribution is 2.50. The summed E-state index contributed by atoms with van der Waals surface area (Å²) in [5, 5.41) is 7.88. The Hall–Kier alpha value is -1.09. The summed E-state index contributed by atoms with van der Waals surface area (Å²) in [4.78, 5) is 11.3. The highest BCUT2D eigenvalue weighted by Gasteiger charge is 2.67. The van der Waals surface area contributed by atoms with Crippen LogP contribution in [0.1, 0.15) is 13.3 Å². The van der Waals surface area contributed by atoms with E-state index in [-0.39, 0.29) is 13.0 Å². The topological polar surface area (TPSA) is 84.2 Å². The van der Waals surface area contributed by atoms with Gasteiger partial charge in [0, 0.05) is 6.26 Å². The standard InChI is InChI=1S/C8H11NO4S/c1-3-13-7(10)8(5-9)4-6(8)14(2,11)12/h6H,3-4H2,1-2H3/t6-,8+/m0/s1. The zero-order valence-electron chi connectivity index (χ0n) is 7.98. The first-order valence-corrected chi connectivity index (χ1v) is 6.11. The van der Waals surface area contributed by atoms with Gasteiger partial charge in [0.2, 0.25) is 0 Å². The molecule has 0 bridgehead atoms. The third kappa shape index (κ3) is 1.60. The van der Waals surface area contributed by atoms with E-state index in [0.29, 0.717) is 0 Å². The minimum atomic E-state index is -3.34. The monoisotopic (exact) mass is 217 g/mol. The smallest absolute Gasteiger partial charge is 0.327 e. The summed E-state index contributed by atoms with van der Waals surface area (Å²) in [6, 6.07) is 1.74. The molecule has 5 nitrogen and oxygen atoms in total. The molecule has 0 unspecified atom stereocenters. The Bertz CT molecular complexity index is 394. The summed E-state index contributed by atoms with van der Waals surface area (Å²) in [6.07, 6.45) is 1.08. The number of nitriles is 1. The number of nitrogens with zero attached hydrogens (tertiary/aromatic N) is 1. The van der Waals surface area contributed by atoms with E-state index in [4.69, 9.17) is 5.26 Å². The Balaban J connectivity index is 2.88. The molecule has 1 aliphatic carbocycles. The molecular weight excluding hydrogens is 206 g/mol. The lowest BCUT2D eigenvalue weighted by molar-refractivity contribution is -0.147. The van der Waals surface area contributed by atoms with E-state index in [2.05, 4.69) is 4.74 Å². The van der Waals surface area contributed by atoms with Gasteiger partial charge in [-0.05, 0) is 13.3 Å². The fourth-order valence-electron chi connectivity index (χ4n) is 1.39. The number of esters is 1. The predicted molar refractivity (Wildman–Crippen MR) is 47.9 cm³/mol. The van der Waals surface area contributed by atoms with Crippen molar-refractivity contribution in [3.05, 3.63) is 0 Å². The third-order valence-corrected chi connectivity index (χ3v) is 3.86. The van der Waals surface area contributed by atoms with Crippen LogP contribution in [-0.2, 0) is 19.4 Å². The predicted octanol–water partition coefficient (Wildman–Crippen LogP) is -0.124. The second kappa shape index (κ2) is 3.24. The van der Waals surface area contributed by atoms with Crippen LogP contribution in [0.15, 0.2) is 0 Å². The molecule has 0 aromatic carbocycles. The molecular formula is C8H11NO4S. The second-order valence-electron chi connectivity index (χ2n) is 3.33. The molecule has 78 valence electrons. The molecule has 14 heavy (non-hydrogen) atoms. The fraction of sp³-hybridized carbons (Fsp3) is 0.750. The molecule has 0 amide bonds. The molecule has 6 heteroatoms. The first-order valence-electron chi connectivity index (χ1n) is 4.16. The third-order valence-electron chi connectivity index (χ3n) is 2.25. The largest absolute Gasteiger partial charge is 0.465 e. The average molecular weight is 217 g/mol. The molecule has 0 aromatic rings. The normalized spacial score (nSPS) is 30.5. The van der Waals surface area contributed by atoms with E-state index in [1.54, 1.807) is 13.0 Å². The number of ether oxygens (including phenoxy) is 1. The number of carbonyl (C=O) groups excluding carboxylic acids is 1. The molecule has 1 rings (SSSR count).